The predicted octanol–water partition coefficient (Wildman–Crippen LogP) is 1.97. The number of rotatable bonds is 6. The number of nitrogens with one attached hydrogen (secondary N) is 1. The summed E-state index contributed by atoms with van der Waals surface area (Å²) in [4.78, 5) is 46.8. The molecule has 0 radical (unpaired) electrons. The lowest BCUT2D eigenvalue weighted by Crippen LogP contribution is -2.44. The van der Waals surface area contributed by atoms with Crippen molar-refractivity contribution < 1.29 is 14.0 Å². The van der Waals surface area contributed by atoms with Crippen LogP contribution >= 0.6 is 0 Å². The topological polar surface area (TPSA) is 105 Å². The van der Waals surface area contributed by atoms with E-state index in [0.717, 1.165) is 31.4 Å². The molecule has 2 aromatic heterocycles. The Balaban J connectivity index is 1.61. The summed E-state index contributed by atoms with van der Waals surface area (Å²) >= 11 is 0. The average molecular weight is 398 g/mol. The number of likely N-dealkylation sites (tertiary alicyclic amines) is 1. The molecule has 3 rings (SSSR count). The van der Waals surface area contributed by atoms with E-state index in [2.05, 4.69) is 15.3 Å². The fourth-order valence-corrected chi connectivity index (χ4v) is 3.59. The molecule has 1 unspecified atom stereocenters. The number of aryl methyl sites for hydroxylation is 2. The molecule has 29 heavy (non-hydrogen) atoms. The van der Waals surface area contributed by atoms with Gasteiger partial charge in [0.25, 0.3) is 11.8 Å². The molecule has 1 aliphatic heterocycles. The highest BCUT2D eigenvalue weighted by Gasteiger charge is 2.26. The zero-order chi connectivity index (χ0) is 20.8. The van der Waals surface area contributed by atoms with Gasteiger partial charge in [0, 0.05) is 38.0 Å². The Labute approximate surface area is 169 Å². The van der Waals surface area contributed by atoms with Crippen molar-refractivity contribution in [2.75, 3.05) is 19.6 Å². The molecule has 8 heteroatoms. The molecule has 1 saturated heterocycles. The van der Waals surface area contributed by atoms with E-state index in [9.17, 15) is 14.4 Å². The predicted molar refractivity (Wildman–Crippen MR) is 107 cm³/mol. The summed E-state index contributed by atoms with van der Waals surface area (Å²) in [6.07, 6.45) is 6.36. The van der Waals surface area contributed by atoms with Gasteiger partial charge in [-0.3, -0.25) is 14.4 Å². The Hall–Kier alpha value is -3.03. The molecule has 0 spiro atoms. The lowest BCUT2D eigenvalue weighted by atomic mass is 9.97. The van der Waals surface area contributed by atoms with Crippen molar-refractivity contribution in [3.63, 3.8) is 0 Å². The number of carbonyl (C=O) groups excluding carboxylic acids is 2. The molecule has 154 valence electrons. The van der Waals surface area contributed by atoms with Crippen molar-refractivity contribution in [2.45, 2.75) is 39.5 Å². The van der Waals surface area contributed by atoms with Gasteiger partial charge in [-0.2, -0.15) is 0 Å². The van der Waals surface area contributed by atoms with Crippen molar-refractivity contribution in [2.24, 2.45) is 5.92 Å². The summed E-state index contributed by atoms with van der Waals surface area (Å²) in [5.74, 6) is 0.123. The minimum atomic E-state index is -0.288. The molecule has 1 N–H and O–H groups in total. The number of hydrogen-bond acceptors (Lipinski definition) is 6. The van der Waals surface area contributed by atoms with Gasteiger partial charge in [0.05, 0.1) is 11.3 Å². The van der Waals surface area contributed by atoms with Crippen LogP contribution in [0, 0.1) is 12.8 Å². The van der Waals surface area contributed by atoms with Crippen LogP contribution < -0.4 is 10.7 Å². The highest BCUT2D eigenvalue weighted by Crippen LogP contribution is 2.18. The normalized spacial score (nSPS) is 16.5. The molecule has 0 aliphatic carbocycles. The average Bonchev–Trinajstić information content (AvgIpc) is 2.71. The SMILES string of the molecule is CCCc1ncncc1C(=O)NCC1CCCN(C(=O)c2cc(=O)cc(C)o2)C1. The van der Waals surface area contributed by atoms with Crippen LogP contribution in [0.25, 0.3) is 0 Å². The summed E-state index contributed by atoms with van der Waals surface area (Å²) in [5, 5.41) is 2.95. The maximum Gasteiger partial charge on any atom is 0.289 e. The van der Waals surface area contributed by atoms with E-state index in [4.69, 9.17) is 4.42 Å². The minimum Gasteiger partial charge on any atom is -0.456 e. The monoisotopic (exact) mass is 398 g/mol. The molecule has 1 atom stereocenters. The molecule has 2 amide bonds. The molecule has 0 bridgehead atoms. The summed E-state index contributed by atoms with van der Waals surface area (Å²) in [7, 11) is 0. The molecule has 1 fully saturated rings. The number of hydrogen-bond donors (Lipinski definition) is 1. The van der Waals surface area contributed by atoms with Gasteiger partial charge in [-0.25, -0.2) is 9.97 Å². The number of nitrogens with zero attached hydrogens (tertiary/aromatic N) is 3. The van der Waals surface area contributed by atoms with Crippen molar-refractivity contribution in [3.8, 4) is 0 Å². The first-order chi connectivity index (χ1) is 14.0. The summed E-state index contributed by atoms with van der Waals surface area (Å²) in [6, 6.07) is 2.58. The van der Waals surface area contributed by atoms with Crippen LogP contribution in [0.1, 0.15) is 58.6 Å². The Morgan fingerprint density at radius 2 is 2.17 bits per heavy atom. The fourth-order valence-electron chi connectivity index (χ4n) is 3.59. The zero-order valence-corrected chi connectivity index (χ0v) is 16.8. The first kappa shape index (κ1) is 20.7. The van der Waals surface area contributed by atoms with Crippen LogP contribution in [0.3, 0.4) is 0 Å². The number of carbonyl (C=O) groups is 2. The van der Waals surface area contributed by atoms with Gasteiger partial charge < -0.3 is 14.6 Å². The van der Waals surface area contributed by atoms with Crippen LogP contribution in [-0.2, 0) is 6.42 Å². The van der Waals surface area contributed by atoms with Crippen LogP contribution in [0.15, 0.2) is 33.9 Å². The fraction of sp³-hybridized carbons (Fsp3) is 0.476. The molecule has 2 aromatic rings. The molecule has 8 nitrogen and oxygen atoms in total. The smallest absolute Gasteiger partial charge is 0.289 e. The second-order valence-electron chi connectivity index (χ2n) is 7.37. The van der Waals surface area contributed by atoms with E-state index in [1.54, 1.807) is 18.0 Å². The van der Waals surface area contributed by atoms with Gasteiger partial charge >= 0.3 is 0 Å². The molecular formula is C21H26N4O4. The van der Waals surface area contributed by atoms with E-state index in [1.165, 1.54) is 18.5 Å². The molecular weight excluding hydrogens is 372 g/mol. The van der Waals surface area contributed by atoms with Gasteiger partial charge in [-0.05, 0) is 32.1 Å². The van der Waals surface area contributed by atoms with Crippen molar-refractivity contribution in [3.05, 3.63) is 57.7 Å². The van der Waals surface area contributed by atoms with Gasteiger partial charge in [-0.1, -0.05) is 13.3 Å². The molecule has 0 aromatic carbocycles. The Bertz CT molecular complexity index is 940. The van der Waals surface area contributed by atoms with Crippen molar-refractivity contribution in [1.82, 2.24) is 20.2 Å². The van der Waals surface area contributed by atoms with E-state index in [1.807, 2.05) is 6.92 Å². The summed E-state index contributed by atoms with van der Waals surface area (Å²) in [5.41, 5.74) is 1.00. The van der Waals surface area contributed by atoms with Crippen LogP contribution in [0.2, 0.25) is 0 Å². The Kier molecular flexibility index (Phi) is 6.74. The van der Waals surface area contributed by atoms with Crippen molar-refractivity contribution >= 4 is 11.8 Å². The summed E-state index contributed by atoms with van der Waals surface area (Å²) in [6.45, 7) is 5.25. The first-order valence-corrected chi connectivity index (χ1v) is 9.96. The van der Waals surface area contributed by atoms with E-state index >= 15 is 0 Å². The standard InChI is InChI=1S/C21H26N4O4/c1-3-5-18-17(11-22-13-24-18)20(27)23-10-15-6-4-7-25(12-15)21(28)19-9-16(26)8-14(2)29-19/h8-9,11,13,15H,3-7,10,12H2,1-2H3,(H,23,27). The van der Waals surface area contributed by atoms with Crippen LogP contribution in [0.5, 0.6) is 0 Å². The first-order valence-electron chi connectivity index (χ1n) is 9.96. The van der Waals surface area contributed by atoms with E-state index in [0.29, 0.717) is 31.0 Å². The van der Waals surface area contributed by atoms with Crippen LogP contribution in [-0.4, -0.2) is 46.3 Å². The third-order valence-electron chi connectivity index (χ3n) is 4.98. The minimum absolute atomic E-state index is 0.0605. The van der Waals surface area contributed by atoms with Gasteiger partial charge in [-0.15, -0.1) is 0 Å². The maximum absolute atomic E-state index is 12.7. The van der Waals surface area contributed by atoms with Crippen LogP contribution in [0.4, 0.5) is 0 Å². The molecule has 3 heterocycles. The lowest BCUT2D eigenvalue weighted by molar-refractivity contribution is 0.0635. The van der Waals surface area contributed by atoms with Gasteiger partial charge in [0.1, 0.15) is 12.1 Å². The van der Waals surface area contributed by atoms with E-state index < -0.39 is 0 Å². The third-order valence-corrected chi connectivity index (χ3v) is 4.98. The molecule has 1 aliphatic rings. The lowest BCUT2D eigenvalue weighted by Gasteiger charge is -2.32. The highest BCUT2D eigenvalue weighted by atomic mass is 16.3. The third kappa shape index (κ3) is 5.28. The number of amides is 2. The highest BCUT2D eigenvalue weighted by molar-refractivity contribution is 5.95. The maximum atomic E-state index is 12.7. The summed E-state index contributed by atoms with van der Waals surface area (Å²) < 4.78 is 5.43. The largest absolute Gasteiger partial charge is 0.456 e. The second kappa shape index (κ2) is 9.45. The van der Waals surface area contributed by atoms with Gasteiger partial charge in [0.15, 0.2) is 11.2 Å². The zero-order valence-electron chi connectivity index (χ0n) is 16.8. The quantitative estimate of drug-likeness (QED) is 0.798. The Morgan fingerprint density at radius 1 is 1.34 bits per heavy atom. The van der Waals surface area contributed by atoms with E-state index in [-0.39, 0.29) is 28.9 Å². The Morgan fingerprint density at radius 3 is 2.93 bits per heavy atom. The number of aromatic nitrogens is 2. The second-order valence-corrected chi connectivity index (χ2v) is 7.37. The van der Waals surface area contributed by atoms with Gasteiger partial charge in [0.2, 0.25) is 0 Å². The number of piperidine rings is 1. The van der Waals surface area contributed by atoms with Crippen molar-refractivity contribution in [1.29, 1.82) is 0 Å². The molecule has 0 saturated carbocycles.